The highest BCUT2D eigenvalue weighted by atomic mass is 35.5. The van der Waals surface area contributed by atoms with E-state index in [1.165, 1.54) is 5.56 Å². The van der Waals surface area contributed by atoms with Gasteiger partial charge in [0.05, 0.1) is 6.61 Å². The molecule has 2 aromatic rings. The van der Waals surface area contributed by atoms with Crippen molar-refractivity contribution < 1.29 is 4.74 Å². The van der Waals surface area contributed by atoms with E-state index < -0.39 is 0 Å². The van der Waals surface area contributed by atoms with Crippen LogP contribution in [0.15, 0.2) is 48.5 Å². The summed E-state index contributed by atoms with van der Waals surface area (Å²) >= 11 is 6.42. The molecule has 1 aliphatic heterocycles. The van der Waals surface area contributed by atoms with E-state index in [0.717, 1.165) is 29.3 Å². The van der Waals surface area contributed by atoms with Gasteiger partial charge < -0.3 is 10.1 Å². The number of ether oxygens (including phenoxy) is 1. The summed E-state index contributed by atoms with van der Waals surface area (Å²) in [6.07, 6.45) is 1.09. The van der Waals surface area contributed by atoms with Crippen LogP contribution in [0.5, 0.6) is 5.75 Å². The second-order valence-corrected chi connectivity index (χ2v) is 5.82. The normalized spacial score (nSPS) is 18.1. The number of hydrogen-bond donors (Lipinski definition) is 1. The van der Waals surface area contributed by atoms with E-state index in [4.69, 9.17) is 16.3 Å². The molecule has 2 atom stereocenters. The van der Waals surface area contributed by atoms with E-state index in [-0.39, 0.29) is 6.04 Å². The predicted octanol–water partition coefficient (Wildman–Crippen LogP) is 4.56. The Kier molecular flexibility index (Phi) is 4.47. The summed E-state index contributed by atoms with van der Waals surface area (Å²) in [5.41, 5.74) is 2.42. The average Bonchev–Trinajstić information content (AvgIpc) is 2.93. The fraction of sp³-hybridized carbons (Fsp3) is 0.333. The van der Waals surface area contributed by atoms with Crippen LogP contribution in [0.1, 0.15) is 36.4 Å². The molecule has 3 rings (SSSR count). The first kappa shape index (κ1) is 14.4. The molecule has 0 aliphatic carbocycles. The molecule has 0 bridgehead atoms. The molecule has 2 nitrogen and oxygen atoms in total. The van der Waals surface area contributed by atoms with Crippen molar-refractivity contribution in [3.8, 4) is 5.75 Å². The van der Waals surface area contributed by atoms with E-state index in [0.29, 0.717) is 12.5 Å². The van der Waals surface area contributed by atoms with Gasteiger partial charge in [0.2, 0.25) is 0 Å². The Morgan fingerprint density at radius 1 is 1.19 bits per heavy atom. The Hall–Kier alpha value is -1.51. The molecular formula is C18H20ClNO. The van der Waals surface area contributed by atoms with Crippen molar-refractivity contribution in [1.82, 2.24) is 5.32 Å². The van der Waals surface area contributed by atoms with Gasteiger partial charge in [0.1, 0.15) is 5.75 Å². The Morgan fingerprint density at radius 2 is 1.95 bits per heavy atom. The zero-order valence-corrected chi connectivity index (χ0v) is 12.9. The lowest BCUT2D eigenvalue weighted by Gasteiger charge is -2.25. The molecule has 3 heteroatoms. The zero-order chi connectivity index (χ0) is 14.7. The van der Waals surface area contributed by atoms with Crippen LogP contribution in [0.25, 0.3) is 0 Å². The van der Waals surface area contributed by atoms with Gasteiger partial charge in [-0.2, -0.15) is 0 Å². The quantitative estimate of drug-likeness (QED) is 0.874. The third-order valence-electron chi connectivity index (χ3n) is 3.99. The van der Waals surface area contributed by atoms with E-state index in [9.17, 15) is 0 Å². The molecule has 0 aromatic heterocycles. The summed E-state index contributed by atoms with van der Waals surface area (Å²) in [6, 6.07) is 16.6. The van der Waals surface area contributed by atoms with Gasteiger partial charge in [-0.05, 0) is 30.7 Å². The number of para-hydroxylation sites is 1. The molecule has 110 valence electrons. The van der Waals surface area contributed by atoms with E-state index in [2.05, 4.69) is 30.4 Å². The van der Waals surface area contributed by atoms with Crippen LogP contribution in [-0.4, -0.2) is 13.2 Å². The number of halogens is 1. The molecule has 1 N–H and O–H groups in total. The van der Waals surface area contributed by atoms with E-state index in [1.54, 1.807) is 0 Å². The predicted molar refractivity (Wildman–Crippen MR) is 87.2 cm³/mol. The third kappa shape index (κ3) is 2.92. The Balaban J connectivity index is 1.96. The van der Waals surface area contributed by atoms with Crippen molar-refractivity contribution in [3.05, 3.63) is 64.7 Å². The highest BCUT2D eigenvalue weighted by Gasteiger charge is 2.32. The van der Waals surface area contributed by atoms with Crippen LogP contribution < -0.4 is 10.1 Å². The number of hydrogen-bond acceptors (Lipinski definition) is 2. The second kappa shape index (κ2) is 6.50. The summed E-state index contributed by atoms with van der Waals surface area (Å²) in [5, 5.41) is 4.46. The van der Waals surface area contributed by atoms with Gasteiger partial charge in [-0.3, -0.25) is 0 Å². The SMILES string of the molecule is CCCNC(c1ccccc1Cl)C1COc2ccccc21. The number of nitrogens with one attached hydrogen (secondary N) is 1. The maximum absolute atomic E-state index is 6.42. The minimum atomic E-state index is 0.183. The van der Waals surface area contributed by atoms with Gasteiger partial charge >= 0.3 is 0 Å². The van der Waals surface area contributed by atoms with Gasteiger partial charge in [-0.1, -0.05) is 54.9 Å². The topological polar surface area (TPSA) is 21.3 Å². The maximum Gasteiger partial charge on any atom is 0.122 e. The molecule has 0 fully saturated rings. The van der Waals surface area contributed by atoms with Gasteiger partial charge in [-0.15, -0.1) is 0 Å². The molecule has 0 spiro atoms. The maximum atomic E-state index is 6.42. The first-order valence-corrected chi connectivity index (χ1v) is 7.88. The van der Waals surface area contributed by atoms with Crippen LogP contribution in [0.3, 0.4) is 0 Å². The summed E-state index contributed by atoms with van der Waals surface area (Å²) < 4.78 is 5.85. The second-order valence-electron chi connectivity index (χ2n) is 5.41. The molecule has 2 aromatic carbocycles. The first-order chi connectivity index (χ1) is 10.3. The van der Waals surface area contributed by atoms with Crippen molar-refractivity contribution in [2.45, 2.75) is 25.3 Å². The van der Waals surface area contributed by atoms with Crippen LogP contribution in [-0.2, 0) is 0 Å². The molecular weight excluding hydrogens is 282 g/mol. The highest BCUT2D eigenvalue weighted by Crippen LogP contribution is 2.42. The molecule has 0 saturated heterocycles. The lowest BCUT2D eigenvalue weighted by atomic mass is 9.88. The van der Waals surface area contributed by atoms with Crippen LogP contribution >= 0.6 is 11.6 Å². The first-order valence-electron chi connectivity index (χ1n) is 7.50. The number of fused-ring (bicyclic) bond motifs is 1. The molecule has 1 aliphatic rings. The summed E-state index contributed by atoms with van der Waals surface area (Å²) in [5.74, 6) is 1.30. The molecule has 21 heavy (non-hydrogen) atoms. The number of benzene rings is 2. The van der Waals surface area contributed by atoms with Crippen LogP contribution in [0, 0.1) is 0 Å². The molecule has 2 unspecified atom stereocenters. The van der Waals surface area contributed by atoms with Crippen molar-refractivity contribution in [3.63, 3.8) is 0 Å². The number of rotatable bonds is 5. The summed E-state index contributed by atoms with van der Waals surface area (Å²) in [4.78, 5) is 0. The van der Waals surface area contributed by atoms with Gasteiger partial charge in [0.15, 0.2) is 0 Å². The smallest absolute Gasteiger partial charge is 0.122 e. The minimum absolute atomic E-state index is 0.183. The van der Waals surface area contributed by atoms with E-state index >= 15 is 0 Å². The Labute approximate surface area is 131 Å². The van der Waals surface area contributed by atoms with Gasteiger partial charge in [0.25, 0.3) is 0 Å². The fourth-order valence-corrected chi connectivity index (χ4v) is 3.21. The molecule has 0 amide bonds. The lowest BCUT2D eigenvalue weighted by Crippen LogP contribution is -2.29. The fourth-order valence-electron chi connectivity index (χ4n) is 2.96. The average molecular weight is 302 g/mol. The molecule has 1 heterocycles. The minimum Gasteiger partial charge on any atom is -0.493 e. The Morgan fingerprint density at radius 3 is 2.76 bits per heavy atom. The molecule has 0 radical (unpaired) electrons. The standard InChI is InChI=1S/C18H20ClNO/c1-2-11-20-18(14-8-3-5-9-16(14)19)15-12-21-17-10-6-4-7-13(15)17/h3-10,15,18,20H,2,11-12H2,1H3. The van der Waals surface area contributed by atoms with Gasteiger partial charge in [0, 0.05) is 22.5 Å². The monoisotopic (exact) mass is 301 g/mol. The lowest BCUT2D eigenvalue weighted by molar-refractivity contribution is 0.299. The van der Waals surface area contributed by atoms with Crippen molar-refractivity contribution >= 4 is 11.6 Å². The highest BCUT2D eigenvalue weighted by molar-refractivity contribution is 6.31. The van der Waals surface area contributed by atoms with Crippen molar-refractivity contribution in [1.29, 1.82) is 0 Å². The van der Waals surface area contributed by atoms with Crippen LogP contribution in [0.4, 0.5) is 0 Å². The summed E-state index contributed by atoms with van der Waals surface area (Å²) in [7, 11) is 0. The molecule has 0 saturated carbocycles. The zero-order valence-electron chi connectivity index (χ0n) is 12.2. The van der Waals surface area contributed by atoms with Crippen LogP contribution in [0.2, 0.25) is 5.02 Å². The Bertz CT molecular complexity index is 614. The van der Waals surface area contributed by atoms with Crippen molar-refractivity contribution in [2.75, 3.05) is 13.2 Å². The van der Waals surface area contributed by atoms with Crippen molar-refractivity contribution in [2.24, 2.45) is 0 Å². The van der Waals surface area contributed by atoms with E-state index in [1.807, 2.05) is 30.3 Å². The third-order valence-corrected chi connectivity index (χ3v) is 4.34. The summed E-state index contributed by atoms with van der Waals surface area (Å²) in [6.45, 7) is 3.84. The largest absolute Gasteiger partial charge is 0.493 e. The van der Waals surface area contributed by atoms with Gasteiger partial charge in [-0.25, -0.2) is 0 Å².